The Morgan fingerprint density at radius 1 is 0.567 bits per heavy atom. The van der Waals surface area contributed by atoms with Gasteiger partial charge in [-0.2, -0.15) is 0 Å². The Morgan fingerprint density at radius 2 is 0.900 bits per heavy atom. The number of methoxy groups -OCH3 is 2. The predicted molar refractivity (Wildman–Crippen MR) is 117 cm³/mol. The molecule has 0 fully saturated rings. The molecule has 2 aromatic carbocycles. The lowest BCUT2D eigenvalue weighted by atomic mass is 9.72. The zero-order valence-electron chi connectivity index (χ0n) is 18.9. The number of esters is 2. The SMILES string of the molecule is COC(=O)c1c(C)c2c(c(C)c1C(=O)OC)Cc1c(C)c3c(c(C)c1C2)CCCC3. The van der Waals surface area contributed by atoms with Crippen LogP contribution in [-0.4, -0.2) is 26.2 Å². The van der Waals surface area contributed by atoms with Crippen molar-refractivity contribution in [3.05, 3.63) is 66.8 Å². The van der Waals surface area contributed by atoms with Crippen molar-refractivity contribution in [1.82, 2.24) is 0 Å². The number of carbonyl (C=O) groups excluding carboxylic acids is 2. The van der Waals surface area contributed by atoms with Crippen LogP contribution < -0.4 is 0 Å². The molecule has 0 unspecified atom stereocenters. The molecular weight excluding hydrogens is 376 g/mol. The van der Waals surface area contributed by atoms with Gasteiger partial charge in [-0.1, -0.05) is 0 Å². The summed E-state index contributed by atoms with van der Waals surface area (Å²) >= 11 is 0. The maximum atomic E-state index is 12.6. The maximum Gasteiger partial charge on any atom is 0.339 e. The highest BCUT2D eigenvalue weighted by Crippen LogP contribution is 2.41. The van der Waals surface area contributed by atoms with E-state index in [9.17, 15) is 9.59 Å². The van der Waals surface area contributed by atoms with Crippen molar-refractivity contribution >= 4 is 11.9 Å². The van der Waals surface area contributed by atoms with Crippen molar-refractivity contribution < 1.29 is 19.1 Å². The number of hydrogen-bond donors (Lipinski definition) is 0. The number of benzene rings is 2. The molecule has 158 valence electrons. The molecule has 0 saturated heterocycles. The van der Waals surface area contributed by atoms with E-state index in [2.05, 4.69) is 13.8 Å². The molecule has 0 saturated carbocycles. The Balaban J connectivity index is 1.99. The van der Waals surface area contributed by atoms with E-state index in [-0.39, 0.29) is 0 Å². The molecule has 0 aromatic heterocycles. The second-order valence-corrected chi connectivity index (χ2v) is 8.67. The highest BCUT2D eigenvalue weighted by molar-refractivity contribution is 6.06. The first-order valence-electron chi connectivity index (χ1n) is 10.8. The Bertz CT molecular complexity index is 1010. The van der Waals surface area contributed by atoms with E-state index >= 15 is 0 Å². The van der Waals surface area contributed by atoms with Crippen molar-refractivity contribution in [1.29, 1.82) is 0 Å². The summed E-state index contributed by atoms with van der Waals surface area (Å²) in [5, 5.41) is 0. The summed E-state index contributed by atoms with van der Waals surface area (Å²) < 4.78 is 10.1. The molecule has 4 heteroatoms. The van der Waals surface area contributed by atoms with Crippen LogP contribution in [0.1, 0.15) is 89.2 Å². The van der Waals surface area contributed by atoms with Gasteiger partial charge < -0.3 is 9.47 Å². The van der Waals surface area contributed by atoms with Gasteiger partial charge in [0.25, 0.3) is 0 Å². The molecule has 0 amide bonds. The van der Waals surface area contributed by atoms with Crippen LogP contribution in [0.4, 0.5) is 0 Å². The zero-order chi connectivity index (χ0) is 21.7. The zero-order valence-corrected chi connectivity index (χ0v) is 18.9. The molecule has 4 nitrogen and oxygen atoms in total. The lowest BCUT2D eigenvalue weighted by Crippen LogP contribution is -2.23. The number of ether oxygens (including phenoxy) is 2. The van der Waals surface area contributed by atoms with Gasteiger partial charge in [0.15, 0.2) is 0 Å². The Kier molecular flexibility index (Phi) is 5.21. The largest absolute Gasteiger partial charge is 0.465 e. The van der Waals surface area contributed by atoms with Crippen LogP contribution in [0.25, 0.3) is 0 Å². The van der Waals surface area contributed by atoms with Crippen molar-refractivity contribution in [3.8, 4) is 0 Å². The molecular formula is C26H30O4. The first-order chi connectivity index (χ1) is 14.3. The molecule has 2 aliphatic carbocycles. The fourth-order valence-electron chi connectivity index (χ4n) is 5.70. The summed E-state index contributed by atoms with van der Waals surface area (Å²) in [6, 6.07) is 0. The van der Waals surface area contributed by atoms with Crippen molar-refractivity contribution in [2.75, 3.05) is 14.2 Å². The second-order valence-electron chi connectivity index (χ2n) is 8.67. The third-order valence-corrected chi connectivity index (χ3v) is 7.40. The van der Waals surface area contributed by atoms with Gasteiger partial charge in [0.2, 0.25) is 0 Å². The van der Waals surface area contributed by atoms with E-state index in [4.69, 9.17) is 9.47 Å². The molecule has 0 aliphatic heterocycles. The third-order valence-electron chi connectivity index (χ3n) is 7.40. The van der Waals surface area contributed by atoms with Gasteiger partial charge in [0, 0.05) is 0 Å². The fraction of sp³-hybridized carbons (Fsp3) is 0.462. The summed E-state index contributed by atoms with van der Waals surface area (Å²) in [6.07, 6.45) is 6.43. The highest BCUT2D eigenvalue weighted by atomic mass is 16.5. The van der Waals surface area contributed by atoms with Crippen LogP contribution in [0.2, 0.25) is 0 Å². The van der Waals surface area contributed by atoms with E-state index in [0.29, 0.717) is 11.1 Å². The molecule has 0 bridgehead atoms. The molecule has 2 aromatic rings. The van der Waals surface area contributed by atoms with Crippen LogP contribution in [0, 0.1) is 27.7 Å². The van der Waals surface area contributed by atoms with Gasteiger partial charge in [-0.15, -0.1) is 0 Å². The van der Waals surface area contributed by atoms with Gasteiger partial charge in [-0.25, -0.2) is 9.59 Å². The molecule has 30 heavy (non-hydrogen) atoms. The average Bonchev–Trinajstić information content (AvgIpc) is 2.77. The van der Waals surface area contributed by atoms with Crippen molar-refractivity contribution in [2.45, 2.75) is 66.2 Å². The van der Waals surface area contributed by atoms with E-state index in [1.54, 1.807) is 0 Å². The van der Waals surface area contributed by atoms with Crippen LogP contribution in [0.5, 0.6) is 0 Å². The van der Waals surface area contributed by atoms with Crippen LogP contribution in [0.15, 0.2) is 0 Å². The minimum Gasteiger partial charge on any atom is -0.465 e. The number of rotatable bonds is 2. The molecule has 2 aliphatic rings. The van der Waals surface area contributed by atoms with E-state index < -0.39 is 11.9 Å². The van der Waals surface area contributed by atoms with Gasteiger partial charge in [0.05, 0.1) is 25.3 Å². The van der Waals surface area contributed by atoms with E-state index in [1.807, 2.05) is 13.8 Å². The van der Waals surface area contributed by atoms with Gasteiger partial charge in [-0.3, -0.25) is 0 Å². The van der Waals surface area contributed by atoms with E-state index in [1.165, 1.54) is 60.4 Å². The summed E-state index contributed by atoms with van der Waals surface area (Å²) in [7, 11) is 2.71. The topological polar surface area (TPSA) is 52.6 Å². The quantitative estimate of drug-likeness (QED) is 0.570. The van der Waals surface area contributed by atoms with Gasteiger partial charge >= 0.3 is 11.9 Å². The monoisotopic (exact) mass is 406 g/mol. The first-order valence-corrected chi connectivity index (χ1v) is 10.8. The third kappa shape index (κ3) is 2.88. The Hall–Kier alpha value is -2.62. The molecule has 0 heterocycles. The van der Waals surface area contributed by atoms with Gasteiger partial charge in [0.1, 0.15) is 0 Å². The molecule has 0 atom stereocenters. The lowest BCUT2D eigenvalue weighted by Gasteiger charge is -2.32. The highest BCUT2D eigenvalue weighted by Gasteiger charge is 2.32. The van der Waals surface area contributed by atoms with Crippen LogP contribution in [-0.2, 0) is 35.2 Å². The standard InChI is InChI=1S/C26H30O4/c1-13-17-9-7-8-10-18(17)14(2)20-12-22-16(4)24(26(28)30-6)23(25(27)29-5)15(3)21(22)11-19(13)20/h7-12H2,1-6H3. The first kappa shape index (κ1) is 20.6. The molecule has 0 spiro atoms. The molecule has 0 N–H and O–H groups in total. The summed E-state index contributed by atoms with van der Waals surface area (Å²) in [5.41, 5.74) is 13.4. The van der Waals surface area contributed by atoms with Crippen LogP contribution in [0.3, 0.4) is 0 Å². The number of fused-ring (bicyclic) bond motifs is 3. The van der Waals surface area contributed by atoms with Crippen molar-refractivity contribution in [2.24, 2.45) is 0 Å². The van der Waals surface area contributed by atoms with Gasteiger partial charge in [-0.05, 0) is 122 Å². The fourth-order valence-corrected chi connectivity index (χ4v) is 5.70. The summed E-state index contributed by atoms with van der Waals surface area (Å²) in [4.78, 5) is 25.3. The van der Waals surface area contributed by atoms with Crippen molar-refractivity contribution in [3.63, 3.8) is 0 Å². The number of hydrogen-bond acceptors (Lipinski definition) is 4. The normalized spacial score (nSPS) is 14.5. The smallest absolute Gasteiger partial charge is 0.339 e. The van der Waals surface area contributed by atoms with Crippen LogP contribution >= 0.6 is 0 Å². The minimum absolute atomic E-state index is 0.344. The Morgan fingerprint density at radius 3 is 1.23 bits per heavy atom. The Labute approximate surface area is 178 Å². The number of carbonyl (C=O) groups is 2. The average molecular weight is 407 g/mol. The lowest BCUT2D eigenvalue weighted by molar-refractivity contribution is 0.0553. The minimum atomic E-state index is -0.483. The maximum absolute atomic E-state index is 12.6. The second kappa shape index (κ2) is 7.57. The summed E-state index contributed by atoms with van der Waals surface area (Å²) in [5.74, 6) is -0.967. The van der Waals surface area contributed by atoms with E-state index in [0.717, 1.165) is 47.9 Å². The molecule has 0 radical (unpaired) electrons. The predicted octanol–water partition coefficient (Wildman–Crippen LogP) is 4.87. The molecule has 4 rings (SSSR count). The summed E-state index contributed by atoms with van der Waals surface area (Å²) in [6.45, 7) is 8.39.